The van der Waals surface area contributed by atoms with Crippen LogP contribution in [-0.4, -0.2) is 16.9 Å². The Hall–Kier alpha value is -1.91. The van der Waals surface area contributed by atoms with Crippen LogP contribution in [-0.2, 0) is 0 Å². The standard InChI is InChI=1S/C17H20N2O3/c20-17(12-2-1-3-15(9-12)19(21)22)18-16-13-5-10-4-11(7-13)8-14(16)6-10/h1-3,9-11,13-14,16H,4-8H2,(H,18,20). The molecule has 4 fully saturated rings. The number of amides is 1. The maximum atomic E-state index is 12.5. The van der Waals surface area contributed by atoms with E-state index < -0.39 is 4.92 Å². The van der Waals surface area contributed by atoms with Crippen LogP contribution in [0.1, 0.15) is 42.5 Å². The number of rotatable bonds is 3. The Balaban J connectivity index is 1.50. The van der Waals surface area contributed by atoms with E-state index in [1.54, 1.807) is 12.1 Å². The molecule has 0 atom stereocenters. The minimum absolute atomic E-state index is 0.0299. The van der Waals surface area contributed by atoms with Gasteiger partial charge in [-0.25, -0.2) is 0 Å². The maximum Gasteiger partial charge on any atom is 0.270 e. The molecule has 1 aromatic carbocycles. The Morgan fingerprint density at radius 3 is 2.32 bits per heavy atom. The van der Waals surface area contributed by atoms with Crippen LogP contribution in [0.3, 0.4) is 0 Å². The molecule has 4 aliphatic rings. The van der Waals surface area contributed by atoms with Gasteiger partial charge in [0.2, 0.25) is 0 Å². The predicted molar refractivity (Wildman–Crippen MR) is 81.4 cm³/mol. The van der Waals surface area contributed by atoms with Crippen molar-refractivity contribution >= 4 is 11.6 Å². The molecule has 1 aromatic rings. The number of carbonyl (C=O) groups is 1. The third-order valence-corrected chi connectivity index (χ3v) is 5.84. The lowest BCUT2D eigenvalue weighted by Crippen LogP contribution is -2.55. The van der Waals surface area contributed by atoms with Gasteiger partial charge < -0.3 is 5.32 Å². The molecule has 1 N–H and O–H groups in total. The molecule has 1 amide bonds. The molecule has 4 saturated carbocycles. The molecule has 0 unspecified atom stereocenters. The molecule has 5 heteroatoms. The van der Waals surface area contributed by atoms with Crippen molar-refractivity contribution in [3.63, 3.8) is 0 Å². The fourth-order valence-electron chi connectivity index (χ4n) is 5.16. The van der Waals surface area contributed by atoms with Gasteiger partial charge in [0.25, 0.3) is 11.6 Å². The van der Waals surface area contributed by atoms with Crippen molar-refractivity contribution in [2.75, 3.05) is 0 Å². The smallest absolute Gasteiger partial charge is 0.270 e. The van der Waals surface area contributed by atoms with Crippen LogP contribution in [0, 0.1) is 33.8 Å². The second-order valence-electron chi connectivity index (χ2n) is 7.24. The summed E-state index contributed by atoms with van der Waals surface area (Å²) in [5.74, 6) is 2.79. The largest absolute Gasteiger partial charge is 0.349 e. The summed E-state index contributed by atoms with van der Waals surface area (Å²) in [6, 6.07) is 6.27. The molecule has 0 spiro atoms. The van der Waals surface area contributed by atoms with Gasteiger partial charge in [-0.2, -0.15) is 0 Å². The molecule has 0 aromatic heterocycles. The minimum Gasteiger partial charge on any atom is -0.349 e. The van der Waals surface area contributed by atoms with E-state index in [4.69, 9.17) is 0 Å². The summed E-state index contributed by atoms with van der Waals surface area (Å²) in [6.07, 6.45) is 6.36. The van der Waals surface area contributed by atoms with Crippen LogP contribution in [0.15, 0.2) is 24.3 Å². The number of nitro groups is 1. The van der Waals surface area contributed by atoms with Crippen LogP contribution in [0.5, 0.6) is 0 Å². The Kier molecular flexibility index (Phi) is 3.17. The number of nitrogens with one attached hydrogen (secondary N) is 1. The first-order valence-electron chi connectivity index (χ1n) is 8.15. The summed E-state index contributed by atoms with van der Waals surface area (Å²) in [5, 5.41) is 14.0. The molecule has 0 heterocycles. The third kappa shape index (κ3) is 2.28. The summed E-state index contributed by atoms with van der Waals surface area (Å²) >= 11 is 0. The van der Waals surface area contributed by atoms with Gasteiger partial charge in [0, 0.05) is 23.7 Å². The van der Waals surface area contributed by atoms with Crippen LogP contribution in [0.25, 0.3) is 0 Å². The van der Waals surface area contributed by atoms with Crippen LogP contribution in [0.2, 0.25) is 0 Å². The van der Waals surface area contributed by atoms with Crippen molar-refractivity contribution in [1.29, 1.82) is 0 Å². The van der Waals surface area contributed by atoms with Gasteiger partial charge in [-0.15, -0.1) is 0 Å². The van der Waals surface area contributed by atoms with Crippen molar-refractivity contribution in [3.05, 3.63) is 39.9 Å². The van der Waals surface area contributed by atoms with E-state index in [-0.39, 0.29) is 17.6 Å². The van der Waals surface area contributed by atoms with E-state index in [1.165, 1.54) is 44.2 Å². The third-order valence-electron chi connectivity index (χ3n) is 5.84. The molecular weight excluding hydrogens is 280 g/mol. The second-order valence-corrected chi connectivity index (χ2v) is 7.24. The number of nitrogens with zero attached hydrogens (tertiary/aromatic N) is 1. The Bertz CT molecular complexity index is 600. The minimum atomic E-state index is -0.459. The fourth-order valence-corrected chi connectivity index (χ4v) is 5.16. The van der Waals surface area contributed by atoms with Crippen LogP contribution >= 0.6 is 0 Å². The summed E-state index contributed by atoms with van der Waals surface area (Å²) < 4.78 is 0. The van der Waals surface area contributed by atoms with Gasteiger partial charge in [-0.05, 0) is 61.8 Å². The molecule has 5 rings (SSSR count). The van der Waals surface area contributed by atoms with Crippen molar-refractivity contribution in [1.82, 2.24) is 5.32 Å². The molecule has 116 valence electrons. The maximum absolute atomic E-state index is 12.5. The van der Waals surface area contributed by atoms with E-state index >= 15 is 0 Å². The molecular formula is C17H20N2O3. The average Bonchev–Trinajstić information content (AvgIpc) is 2.50. The number of carbonyl (C=O) groups excluding carboxylic acids is 1. The van der Waals surface area contributed by atoms with E-state index in [9.17, 15) is 14.9 Å². The van der Waals surface area contributed by atoms with Gasteiger partial charge in [-0.1, -0.05) is 6.07 Å². The highest BCUT2D eigenvalue weighted by Gasteiger charge is 2.48. The van der Waals surface area contributed by atoms with Gasteiger partial charge in [-0.3, -0.25) is 14.9 Å². The van der Waals surface area contributed by atoms with Crippen molar-refractivity contribution in [2.24, 2.45) is 23.7 Å². The zero-order chi connectivity index (χ0) is 15.3. The molecule has 5 nitrogen and oxygen atoms in total. The fraction of sp³-hybridized carbons (Fsp3) is 0.588. The molecule has 0 radical (unpaired) electrons. The van der Waals surface area contributed by atoms with Crippen molar-refractivity contribution < 1.29 is 9.72 Å². The lowest BCUT2D eigenvalue weighted by Gasteiger charge is -2.54. The highest BCUT2D eigenvalue weighted by Crippen LogP contribution is 2.53. The van der Waals surface area contributed by atoms with Gasteiger partial charge in [0.1, 0.15) is 0 Å². The first-order chi connectivity index (χ1) is 10.6. The lowest BCUT2D eigenvalue weighted by molar-refractivity contribution is -0.384. The summed E-state index contributed by atoms with van der Waals surface area (Å²) in [6.45, 7) is 0. The number of non-ortho nitro benzene ring substituents is 1. The van der Waals surface area contributed by atoms with Crippen molar-refractivity contribution in [3.8, 4) is 0 Å². The van der Waals surface area contributed by atoms with Gasteiger partial charge in [0.05, 0.1) is 4.92 Å². The highest BCUT2D eigenvalue weighted by molar-refractivity contribution is 5.95. The van der Waals surface area contributed by atoms with Crippen LogP contribution in [0.4, 0.5) is 5.69 Å². The first kappa shape index (κ1) is 13.7. The topological polar surface area (TPSA) is 72.2 Å². The summed E-state index contributed by atoms with van der Waals surface area (Å²) in [4.78, 5) is 22.9. The number of hydrogen-bond acceptors (Lipinski definition) is 3. The number of nitro benzene ring substituents is 1. The van der Waals surface area contributed by atoms with Crippen molar-refractivity contribution in [2.45, 2.75) is 38.1 Å². The number of hydrogen-bond donors (Lipinski definition) is 1. The Morgan fingerprint density at radius 1 is 1.09 bits per heavy atom. The SMILES string of the molecule is O=C(NC1C2CC3CC(C2)CC1C3)c1cccc([N+](=O)[O-])c1. The lowest BCUT2D eigenvalue weighted by atomic mass is 9.54. The Labute approximate surface area is 129 Å². The predicted octanol–water partition coefficient (Wildman–Crippen LogP) is 3.15. The summed E-state index contributed by atoms with van der Waals surface area (Å²) in [5.41, 5.74) is 0.362. The van der Waals surface area contributed by atoms with E-state index in [1.807, 2.05) is 0 Å². The molecule has 4 aliphatic carbocycles. The van der Waals surface area contributed by atoms with E-state index in [0.29, 0.717) is 17.4 Å². The monoisotopic (exact) mass is 300 g/mol. The molecule has 0 aliphatic heterocycles. The van der Waals surface area contributed by atoms with Gasteiger partial charge in [0.15, 0.2) is 0 Å². The average molecular weight is 300 g/mol. The van der Waals surface area contributed by atoms with Crippen LogP contribution < -0.4 is 5.32 Å². The van der Waals surface area contributed by atoms with Gasteiger partial charge >= 0.3 is 0 Å². The summed E-state index contributed by atoms with van der Waals surface area (Å²) in [7, 11) is 0. The Morgan fingerprint density at radius 2 is 1.73 bits per heavy atom. The highest BCUT2D eigenvalue weighted by atomic mass is 16.6. The quantitative estimate of drug-likeness (QED) is 0.688. The second kappa shape index (κ2) is 5.07. The van der Waals surface area contributed by atoms with E-state index in [2.05, 4.69) is 5.32 Å². The zero-order valence-electron chi connectivity index (χ0n) is 12.4. The normalized spacial score (nSPS) is 35.4. The van der Waals surface area contributed by atoms with E-state index in [0.717, 1.165) is 11.8 Å². The molecule has 4 bridgehead atoms. The zero-order valence-corrected chi connectivity index (χ0v) is 12.4. The number of benzene rings is 1. The first-order valence-corrected chi connectivity index (χ1v) is 8.15. The molecule has 22 heavy (non-hydrogen) atoms. The molecule has 0 saturated heterocycles.